The zero-order chi connectivity index (χ0) is 11.3. The smallest absolute Gasteiger partial charge is 0.105 e. The molecule has 0 aliphatic rings. The van der Waals surface area contributed by atoms with E-state index in [1.807, 2.05) is 12.1 Å². The Morgan fingerprint density at radius 2 is 1.80 bits per heavy atom. The zero-order valence-corrected chi connectivity index (χ0v) is 9.19. The highest BCUT2D eigenvalue weighted by Gasteiger charge is 2.16. The van der Waals surface area contributed by atoms with Gasteiger partial charge in [0, 0.05) is 5.88 Å². The van der Waals surface area contributed by atoms with Gasteiger partial charge in [-0.25, -0.2) is 0 Å². The summed E-state index contributed by atoms with van der Waals surface area (Å²) in [5, 5.41) is 19.3. The first-order valence-corrected chi connectivity index (χ1v) is 5.43. The van der Waals surface area contributed by atoms with E-state index in [0.29, 0.717) is 24.4 Å². The summed E-state index contributed by atoms with van der Waals surface area (Å²) in [7, 11) is 0. The number of aliphatic hydroxyl groups is 2. The van der Waals surface area contributed by atoms with Crippen LogP contribution in [0.4, 0.5) is 0 Å². The molecule has 84 valence electrons. The SMILES string of the molecule is NCCC(O)C(O)c1ccc(CCl)cc1. The Morgan fingerprint density at radius 3 is 2.27 bits per heavy atom. The first-order valence-electron chi connectivity index (χ1n) is 4.90. The van der Waals surface area contributed by atoms with Crippen LogP contribution in [0.15, 0.2) is 24.3 Å². The zero-order valence-electron chi connectivity index (χ0n) is 8.44. The van der Waals surface area contributed by atoms with Crippen LogP contribution in [0.5, 0.6) is 0 Å². The van der Waals surface area contributed by atoms with Crippen molar-refractivity contribution in [3.63, 3.8) is 0 Å². The van der Waals surface area contributed by atoms with Crippen LogP contribution in [0.3, 0.4) is 0 Å². The summed E-state index contributed by atoms with van der Waals surface area (Å²) in [6, 6.07) is 7.20. The van der Waals surface area contributed by atoms with Crippen LogP contribution in [0.25, 0.3) is 0 Å². The third-order valence-electron chi connectivity index (χ3n) is 2.30. The third kappa shape index (κ3) is 3.47. The number of aliphatic hydroxyl groups excluding tert-OH is 2. The van der Waals surface area contributed by atoms with Gasteiger partial charge < -0.3 is 15.9 Å². The highest BCUT2D eigenvalue weighted by atomic mass is 35.5. The van der Waals surface area contributed by atoms with Crippen LogP contribution < -0.4 is 5.73 Å². The molecule has 0 aromatic heterocycles. The van der Waals surface area contributed by atoms with Crippen molar-refractivity contribution in [1.82, 2.24) is 0 Å². The molecule has 0 saturated heterocycles. The second kappa shape index (κ2) is 6.08. The molecule has 2 atom stereocenters. The first-order chi connectivity index (χ1) is 7.19. The Kier molecular flexibility index (Phi) is 5.05. The number of alkyl halides is 1. The van der Waals surface area contributed by atoms with Crippen LogP contribution in [0, 0.1) is 0 Å². The molecule has 4 N–H and O–H groups in total. The van der Waals surface area contributed by atoms with Gasteiger partial charge in [0.15, 0.2) is 0 Å². The van der Waals surface area contributed by atoms with E-state index in [1.165, 1.54) is 0 Å². The van der Waals surface area contributed by atoms with Crippen molar-refractivity contribution in [2.24, 2.45) is 5.73 Å². The third-order valence-corrected chi connectivity index (χ3v) is 2.61. The summed E-state index contributed by atoms with van der Waals surface area (Å²) in [5.74, 6) is 0.446. The summed E-state index contributed by atoms with van der Waals surface area (Å²) in [6.45, 7) is 0.359. The van der Waals surface area contributed by atoms with Gasteiger partial charge in [-0.05, 0) is 24.1 Å². The molecule has 0 radical (unpaired) electrons. The van der Waals surface area contributed by atoms with E-state index >= 15 is 0 Å². The number of rotatable bonds is 5. The summed E-state index contributed by atoms with van der Waals surface area (Å²) < 4.78 is 0. The van der Waals surface area contributed by atoms with Gasteiger partial charge in [-0.3, -0.25) is 0 Å². The lowest BCUT2D eigenvalue weighted by molar-refractivity contribution is 0.0150. The Balaban J connectivity index is 2.69. The molecule has 1 aromatic carbocycles. The maximum atomic E-state index is 9.75. The van der Waals surface area contributed by atoms with Crippen LogP contribution in [-0.2, 0) is 5.88 Å². The predicted molar refractivity (Wildman–Crippen MR) is 60.6 cm³/mol. The molecule has 3 nitrogen and oxygen atoms in total. The van der Waals surface area contributed by atoms with Gasteiger partial charge in [0.1, 0.15) is 6.10 Å². The monoisotopic (exact) mass is 229 g/mol. The average molecular weight is 230 g/mol. The van der Waals surface area contributed by atoms with Gasteiger partial charge >= 0.3 is 0 Å². The van der Waals surface area contributed by atoms with Crippen molar-refractivity contribution < 1.29 is 10.2 Å². The first kappa shape index (κ1) is 12.5. The lowest BCUT2D eigenvalue weighted by atomic mass is 10.0. The molecule has 0 fully saturated rings. The van der Waals surface area contributed by atoms with E-state index in [2.05, 4.69) is 0 Å². The normalized spacial score (nSPS) is 14.9. The molecule has 1 rings (SSSR count). The summed E-state index contributed by atoms with van der Waals surface area (Å²) in [4.78, 5) is 0. The maximum absolute atomic E-state index is 9.75. The summed E-state index contributed by atoms with van der Waals surface area (Å²) in [5.41, 5.74) is 6.97. The molecule has 0 aliphatic heterocycles. The average Bonchev–Trinajstić information content (AvgIpc) is 2.28. The molecule has 0 saturated carbocycles. The second-order valence-electron chi connectivity index (χ2n) is 3.46. The van der Waals surface area contributed by atoms with Crippen LogP contribution in [0.2, 0.25) is 0 Å². The van der Waals surface area contributed by atoms with Gasteiger partial charge in [-0.2, -0.15) is 0 Å². The molecule has 2 unspecified atom stereocenters. The highest BCUT2D eigenvalue weighted by Crippen LogP contribution is 2.19. The van der Waals surface area contributed by atoms with Crippen LogP contribution in [0.1, 0.15) is 23.7 Å². The van der Waals surface area contributed by atoms with Gasteiger partial charge in [0.2, 0.25) is 0 Å². The molecule has 1 aromatic rings. The standard InChI is InChI=1S/C11H16ClNO2/c12-7-8-1-3-9(4-2-8)11(15)10(14)5-6-13/h1-4,10-11,14-15H,5-7,13H2. The largest absolute Gasteiger partial charge is 0.390 e. The fourth-order valence-corrected chi connectivity index (χ4v) is 1.53. The van der Waals surface area contributed by atoms with Crippen molar-refractivity contribution in [3.8, 4) is 0 Å². The van der Waals surface area contributed by atoms with E-state index < -0.39 is 12.2 Å². The maximum Gasteiger partial charge on any atom is 0.105 e. The molecule has 0 aliphatic carbocycles. The molecule has 4 heteroatoms. The van der Waals surface area contributed by atoms with Crippen molar-refractivity contribution in [1.29, 1.82) is 0 Å². The van der Waals surface area contributed by atoms with Gasteiger partial charge in [0.05, 0.1) is 6.10 Å². The molecular formula is C11H16ClNO2. The Labute approximate surface area is 94.5 Å². The Morgan fingerprint density at radius 1 is 1.20 bits per heavy atom. The number of hydrogen-bond donors (Lipinski definition) is 3. The van der Waals surface area contributed by atoms with Crippen LogP contribution >= 0.6 is 11.6 Å². The molecular weight excluding hydrogens is 214 g/mol. The number of hydrogen-bond acceptors (Lipinski definition) is 3. The Bertz CT molecular complexity index is 289. The highest BCUT2D eigenvalue weighted by molar-refractivity contribution is 6.17. The van der Waals surface area contributed by atoms with E-state index in [0.717, 1.165) is 5.56 Å². The molecule has 0 bridgehead atoms. The van der Waals surface area contributed by atoms with Gasteiger partial charge in [-0.15, -0.1) is 11.6 Å². The van der Waals surface area contributed by atoms with Gasteiger partial charge in [-0.1, -0.05) is 24.3 Å². The van der Waals surface area contributed by atoms with Crippen molar-refractivity contribution in [2.75, 3.05) is 6.54 Å². The van der Waals surface area contributed by atoms with Gasteiger partial charge in [0.25, 0.3) is 0 Å². The van der Waals surface area contributed by atoms with E-state index in [9.17, 15) is 10.2 Å². The summed E-state index contributed by atoms with van der Waals surface area (Å²) >= 11 is 5.64. The number of halogens is 1. The van der Waals surface area contributed by atoms with E-state index in [1.54, 1.807) is 12.1 Å². The van der Waals surface area contributed by atoms with Crippen LogP contribution in [-0.4, -0.2) is 22.9 Å². The lowest BCUT2D eigenvalue weighted by Gasteiger charge is -2.17. The van der Waals surface area contributed by atoms with Crippen molar-refractivity contribution in [2.45, 2.75) is 24.5 Å². The molecule has 0 spiro atoms. The fraction of sp³-hybridized carbons (Fsp3) is 0.455. The van der Waals surface area contributed by atoms with Crippen molar-refractivity contribution >= 4 is 11.6 Å². The Hall–Kier alpha value is -0.610. The predicted octanol–water partition coefficient (Wildman–Crippen LogP) is 1.17. The van der Waals surface area contributed by atoms with Crippen molar-refractivity contribution in [3.05, 3.63) is 35.4 Å². The van der Waals surface area contributed by atoms with E-state index in [-0.39, 0.29) is 0 Å². The lowest BCUT2D eigenvalue weighted by Crippen LogP contribution is -2.21. The molecule has 0 amide bonds. The number of benzene rings is 1. The van der Waals surface area contributed by atoms with E-state index in [4.69, 9.17) is 17.3 Å². The minimum absolute atomic E-state index is 0.359. The quantitative estimate of drug-likeness (QED) is 0.664. The topological polar surface area (TPSA) is 66.5 Å². The number of nitrogens with two attached hydrogens (primary N) is 1. The minimum Gasteiger partial charge on any atom is -0.390 e. The summed E-state index contributed by atoms with van der Waals surface area (Å²) in [6.07, 6.45) is -1.30. The molecule has 15 heavy (non-hydrogen) atoms. The fourth-order valence-electron chi connectivity index (χ4n) is 1.35. The second-order valence-corrected chi connectivity index (χ2v) is 3.73. The molecule has 0 heterocycles. The minimum atomic E-state index is -0.877.